The lowest BCUT2D eigenvalue weighted by atomic mass is 10.0. The summed E-state index contributed by atoms with van der Waals surface area (Å²) in [4.78, 5) is 12.0. The number of carbonyl (C=O) groups is 1. The summed E-state index contributed by atoms with van der Waals surface area (Å²) >= 11 is 0. The van der Waals surface area contributed by atoms with Crippen LogP contribution in [-0.2, 0) is 11.2 Å². The molecule has 4 nitrogen and oxygen atoms in total. The smallest absolute Gasteiger partial charge is 0.224 e. The molecule has 0 saturated carbocycles. The van der Waals surface area contributed by atoms with Gasteiger partial charge in [0.25, 0.3) is 0 Å². The number of rotatable bonds is 8. The van der Waals surface area contributed by atoms with E-state index < -0.39 is 0 Å². The fourth-order valence-corrected chi connectivity index (χ4v) is 2.12. The third-order valence-corrected chi connectivity index (χ3v) is 3.00. The van der Waals surface area contributed by atoms with Gasteiger partial charge in [0, 0.05) is 12.6 Å². The van der Waals surface area contributed by atoms with Crippen molar-refractivity contribution in [1.29, 1.82) is 0 Å². The highest BCUT2D eigenvalue weighted by atomic mass is 16.5. The third kappa shape index (κ3) is 6.06. The van der Waals surface area contributed by atoms with Crippen LogP contribution in [0.2, 0.25) is 0 Å². The van der Waals surface area contributed by atoms with E-state index >= 15 is 0 Å². The first-order valence-corrected chi connectivity index (χ1v) is 7.26. The van der Waals surface area contributed by atoms with Crippen LogP contribution in [0, 0.1) is 5.92 Å². The summed E-state index contributed by atoms with van der Waals surface area (Å²) in [5, 5.41) is 2.99. The molecule has 0 aliphatic heterocycles. The average Bonchev–Trinajstić information content (AvgIpc) is 2.40. The van der Waals surface area contributed by atoms with Crippen LogP contribution < -0.4 is 15.8 Å². The van der Waals surface area contributed by atoms with Crippen LogP contribution in [0.25, 0.3) is 0 Å². The van der Waals surface area contributed by atoms with E-state index in [1.807, 2.05) is 31.2 Å². The maximum absolute atomic E-state index is 12.0. The number of amides is 1. The molecule has 0 saturated heterocycles. The molecular formula is C16H26N2O2. The van der Waals surface area contributed by atoms with Crippen molar-refractivity contribution in [2.75, 3.05) is 13.2 Å². The lowest BCUT2D eigenvalue weighted by Crippen LogP contribution is -2.41. The second-order valence-electron chi connectivity index (χ2n) is 5.38. The predicted molar refractivity (Wildman–Crippen MR) is 81.8 cm³/mol. The Morgan fingerprint density at radius 1 is 1.30 bits per heavy atom. The fourth-order valence-electron chi connectivity index (χ4n) is 2.12. The van der Waals surface area contributed by atoms with Crippen LogP contribution in [0.1, 0.15) is 32.8 Å². The molecule has 1 atom stereocenters. The number of nitrogens with one attached hydrogen (secondary N) is 1. The van der Waals surface area contributed by atoms with Crippen LogP contribution in [0.4, 0.5) is 0 Å². The van der Waals surface area contributed by atoms with E-state index in [9.17, 15) is 4.79 Å². The minimum atomic E-state index is 0.0188. The van der Waals surface area contributed by atoms with E-state index in [-0.39, 0.29) is 11.9 Å². The zero-order valence-corrected chi connectivity index (χ0v) is 12.7. The summed E-state index contributed by atoms with van der Waals surface area (Å²) in [5.41, 5.74) is 6.66. The molecule has 1 aromatic rings. The highest BCUT2D eigenvalue weighted by Crippen LogP contribution is 2.12. The molecule has 1 aromatic carbocycles. The summed E-state index contributed by atoms with van der Waals surface area (Å²) in [7, 11) is 0. The minimum Gasteiger partial charge on any atom is -0.494 e. The molecule has 1 amide bonds. The lowest BCUT2D eigenvalue weighted by molar-refractivity contribution is -0.121. The maximum Gasteiger partial charge on any atom is 0.224 e. The molecule has 4 heteroatoms. The topological polar surface area (TPSA) is 64.3 Å². The Morgan fingerprint density at radius 3 is 2.45 bits per heavy atom. The molecule has 0 bridgehead atoms. The number of hydrogen-bond donors (Lipinski definition) is 2. The molecule has 0 heterocycles. The van der Waals surface area contributed by atoms with Crippen LogP contribution in [0.3, 0.4) is 0 Å². The van der Waals surface area contributed by atoms with Crippen molar-refractivity contribution < 1.29 is 9.53 Å². The Labute approximate surface area is 121 Å². The summed E-state index contributed by atoms with van der Waals surface area (Å²) in [6.07, 6.45) is 1.28. The van der Waals surface area contributed by atoms with Gasteiger partial charge in [-0.3, -0.25) is 4.79 Å². The van der Waals surface area contributed by atoms with Gasteiger partial charge in [-0.15, -0.1) is 0 Å². The van der Waals surface area contributed by atoms with Gasteiger partial charge in [0.15, 0.2) is 0 Å². The van der Waals surface area contributed by atoms with Crippen LogP contribution in [0.5, 0.6) is 5.75 Å². The largest absolute Gasteiger partial charge is 0.494 e. The molecular weight excluding hydrogens is 252 g/mol. The van der Waals surface area contributed by atoms with E-state index in [4.69, 9.17) is 10.5 Å². The molecule has 3 N–H and O–H groups in total. The SMILES string of the molecule is CCOc1ccc(CC(=O)NC(CN)CC(C)C)cc1. The number of nitrogens with two attached hydrogens (primary N) is 1. The van der Waals surface area contributed by atoms with Gasteiger partial charge >= 0.3 is 0 Å². The average molecular weight is 278 g/mol. The first-order valence-electron chi connectivity index (χ1n) is 7.26. The van der Waals surface area contributed by atoms with Gasteiger partial charge in [-0.2, -0.15) is 0 Å². The summed E-state index contributed by atoms with van der Waals surface area (Å²) < 4.78 is 5.37. The van der Waals surface area contributed by atoms with Gasteiger partial charge in [0.1, 0.15) is 5.75 Å². The van der Waals surface area contributed by atoms with E-state index in [2.05, 4.69) is 19.2 Å². The molecule has 0 fully saturated rings. The van der Waals surface area contributed by atoms with Crippen molar-refractivity contribution >= 4 is 5.91 Å². The van der Waals surface area contributed by atoms with Crippen molar-refractivity contribution in [3.8, 4) is 5.75 Å². The zero-order valence-electron chi connectivity index (χ0n) is 12.7. The highest BCUT2D eigenvalue weighted by molar-refractivity contribution is 5.78. The Bertz CT molecular complexity index is 401. The van der Waals surface area contributed by atoms with E-state index in [1.165, 1.54) is 0 Å². The van der Waals surface area contributed by atoms with Gasteiger partial charge in [-0.25, -0.2) is 0 Å². The van der Waals surface area contributed by atoms with Crippen molar-refractivity contribution in [2.45, 2.75) is 39.7 Å². The molecule has 112 valence electrons. The third-order valence-electron chi connectivity index (χ3n) is 3.00. The van der Waals surface area contributed by atoms with E-state index in [0.717, 1.165) is 17.7 Å². The number of benzene rings is 1. The van der Waals surface area contributed by atoms with E-state index in [1.54, 1.807) is 0 Å². The highest BCUT2D eigenvalue weighted by Gasteiger charge is 2.12. The molecule has 0 radical (unpaired) electrons. The van der Waals surface area contributed by atoms with Crippen molar-refractivity contribution in [3.63, 3.8) is 0 Å². The molecule has 0 spiro atoms. The number of carbonyl (C=O) groups excluding carboxylic acids is 1. The Morgan fingerprint density at radius 2 is 1.95 bits per heavy atom. The van der Waals surface area contributed by atoms with Crippen LogP contribution >= 0.6 is 0 Å². The predicted octanol–water partition coefficient (Wildman–Crippen LogP) is 2.12. The van der Waals surface area contributed by atoms with Gasteiger partial charge in [0.2, 0.25) is 5.91 Å². The molecule has 0 aliphatic rings. The lowest BCUT2D eigenvalue weighted by Gasteiger charge is -2.18. The van der Waals surface area contributed by atoms with E-state index in [0.29, 0.717) is 25.5 Å². The molecule has 0 aromatic heterocycles. The Balaban J connectivity index is 2.48. The first kappa shape index (κ1) is 16.5. The Kier molecular flexibility index (Phi) is 7.09. The monoisotopic (exact) mass is 278 g/mol. The van der Waals surface area contributed by atoms with Gasteiger partial charge in [0.05, 0.1) is 13.0 Å². The van der Waals surface area contributed by atoms with Gasteiger partial charge < -0.3 is 15.8 Å². The van der Waals surface area contributed by atoms with Crippen LogP contribution in [0.15, 0.2) is 24.3 Å². The quantitative estimate of drug-likeness (QED) is 0.765. The molecule has 20 heavy (non-hydrogen) atoms. The second kappa shape index (κ2) is 8.59. The standard InChI is InChI=1S/C16H26N2O2/c1-4-20-15-7-5-13(6-8-15)10-16(19)18-14(11-17)9-12(2)3/h5-8,12,14H,4,9-11,17H2,1-3H3,(H,18,19). The molecule has 1 unspecified atom stereocenters. The minimum absolute atomic E-state index is 0.0188. The van der Waals surface area contributed by atoms with Gasteiger partial charge in [-0.05, 0) is 37.0 Å². The summed E-state index contributed by atoms with van der Waals surface area (Å²) in [6, 6.07) is 7.68. The normalized spacial score (nSPS) is 12.2. The first-order chi connectivity index (χ1) is 9.55. The number of hydrogen-bond acceptors (Lipinski definition) is 3. The zero-order chi connectivity index (χ0) is 15.0. The summed E-state index contributed by atoms with van der Waals surface area (Å²) in [6.45, 7) is 7.33. The maximum atomic E-state index is 12.0. The second-order valence-corrected chi connectivity index (χ2v) is 5.38. The van der Waals surface area contributed by atoms with Crippen molar-refractivity contribution in [1.82, 2.24) is 5.32 Å². The van der Waals surface area contributed by atoms with Crippen LogP contribution in [-0.4, -0.2) is 25.1 Å². The fraction of sp³-hybridized carbons (Fsp3) is 0.562. The molecule has 0 aliphatic carbocycles. The van der Waals surface area contributed by atoms with Crippen molar-refractivity contribution in [2.24, 2.45) is 11.7 Å². The summed E-state index contributed by atoms with van der Waals surface area (Å²) in [5.74, 6) is 1.37. The molecule has 1 rings (SSSR count). The Hall–Kier alpha value is -1.55. The van der Waals surface area contributed by atoms with Crippen molar-refractivity contribution in [3.05, 3.63) is 29.8 Å². The number of ether oxygens (including phenoxy) is 1. The van der Waals surface area contributed by atoms with Gasteiger partial charge in [-0.1, -0.05) is 26.0 Å².